The van der Waals surface area contributed by atoms with Gasteiger partial charge in [-0.1, -0.05) is 13.3 Å². The number of rotatable bonds is 7. The van der Waals surface area contributed by atoms with Crippen molar-refractivity contribution in [3.8, 4) is 0 Å². The van der Waals surface area contributed by atoms with Crippen LogP contribution in [-0.4, -0.2) is 41.3 Å². The number of aryl methyl sites for hydroxylation is 1. The van der Waals surface area contributed by atoms with Gasteiger partial charge in [-0.25, -0.2) is 4.79 Å². The molecular formula is C17H29N3O2. The van der Waals surface area contributed by atoms with E-state index in [9.17, 15) is 4.79 Å². The molecule has 1 aromatic rings. The van der Waals surface area contributed by atoms with Gasteiger partial charge in [-0.3, -0.25) is 4.90 Å². The van der Waals surface area contributed by atoms with E-state index in [-0.39, 0.29) is 6.09 Å². The smallest absolute Gasteiger partial charge is 0.407 e. The summed E-state index contributed by atoms with van der Waals surface area (Å²) in [7, 11) is 0. The first-order chi connectivity index (χ1) is 10.7. The van der Waals surface area contributed by atoms with Crippen molar-refractivity contribution in [2.75, 3.05) is 19.7 Å². The number of carbonyl (C=O) groups excluding carboxylic acids is 1. The summed E-state index contributed by atoms with van der Waals surface area (Å²) in [5.41, 5.74) is 1.35. The molecule has 1 aliphatic rings. The minimum absolute atomic E-state index is 0.304. The molecule has 124 valence electrons. The normalized spacial score (nSPS) is 19.1. The second-order valence-corrected chi connectivity index (χ2v) is 6.01. The fraction of sp³-hybridized carbons (Fsp3) is 0.706. The number of piperidine rings is 1. The SMILES string of the molecule is CCCn1ccc(CN2CCCCC2COC(=O)NCC)c1. The van der Waals surface area contributed by atoms with Crippen molar-refractivity contribution in [2.45, 2.75) is 58.7 Å². The van der Waals surface area contributed by atoms with Crippen LogP contribution < -0.4 is 5.32 Å². The van der Waals surface area contributed by atoms with Crippen molar-refractivity contribution in [2.24, 2.45) is 0 Å². The number of likely N-dealkylation sites (tertiary alicyclic amines) is 1. The van der Waals surface area contributed by atoms with Gasteiger partial charge in [0.2, 0.25) is 0 Å². The molecule has 2 rings (SSSR count). The van der Waals surface area contributed by atoms with Crippen LogP contribution in [0.25, 0.3) is 0 Å². The van der Waals surface area contributed by atoms with Crippen LogP contribution in [0.15, 0.2) is 18.5 Å². The Morgan fingerprint density at radius 3 is 3.05 bits per heavy atom. The van der Waals surface area contributed by atoms with Gasteiger partial charge in [0.25, 0.3) is 0 Å². The summed E-state index contributed by atoms with van der Waals surface area (Å²) in [5.74, 6) is 0. The molecular weight excluding hydrogens is 278 g/mol. The molecule has 1 fully saturated rings. The third-order valence-corrected chi connectivity index (χ3v) is 4.16. The molecule has 1 unspecified atom stereocenters. The average Bonchev–Trinajstić information content (AvgIpc) is 2.94. The predicted molar refractivity (Wildman–Crippen MR) is 87.8 cm³/mol. The number of amides is 1. The fourth-order valence-corrected chi connectivity index (χ4v) is 3.04. The molecule has 0 spiro atoms. The third-order valence-electron chi connectivity index (χ3n) is 4.16. The Balaban J connectivity index is 1.86. The van der Waals surface area contributed by atoms with Crippen molar-refractivity contribution in [3.05, 3.63) is 24.0 Å². The number of nitrogens with zero attached hydrogens (tertiary/aromatic N) is 2. The average molecular weight is 307 g/mol. The Labute approximate surface area is 133 Å². The van der Waals surface area contributed by atoms with E-state index in [1.165, 1.54) is 18.4 Å². The van der Waals surface area contributed by atoms with Gasteiger partial charge >= 0.3 is 6.09 Å². The molecule has 0 radical (unpaired) electrons. The Kier molecular flexibility index (Phi) is 6.77. The molecule has 1 aliphatic heterocycles. The molecule has 1 N–H and O–H groups in total. The van der Waals surface area contributed by atoms with Gasteiger partial charge in [-0.15, -0.1) is 0 Å². The monoisotopic (exact) mass is 307 g/mol. The molecule has 0 aromatic carbocycles. The summed E-state index contributed by atoms with van der Waals surface area (Å²) >= 11 is 0. The van der Waals surface area contributed by atoms with Gasteiger partial charge in [0.05, 0.1) is 0 Å². The lowest BCUT2D eigenvalue weighted by Crippen LogP contribution is -2.43. The van der Waals surface area contributed by atoms with Crippen molar-refractivity contribution >= 4 is 6.09 Å². The number of hydrogen-bond acceptors (Lipinski definition) is 3. The lowest BCUT2D eigenvalue weighted by Gasteiger charge is -2.35. The van der Waals surface area contributed by atoms with Gasteiger partial charge in [-0.05, 0) is 44.4 Å². The van der Waals surface area contributed by atoms with Crippen molar-refractivity contribution in [1.29, 1.82) is 0 Å². The van der Waals surface area contributed by atoms with Crippen LogP contribution in [0.3, 0.4) is 0 Å². The summed E-state index contributed by atoms with van der Waals surface area (Å²) in [6, 6.07) is 2.54. The van der Waals surface area contributed by atoms with Crippen molar-refractivity contribution in [1.82, 2.24) is 14.8 Å². The number of nitrogens with one attached hydrogen (secondary N) is 1. The first kappa shape index (κ1) is 16.9. The molecule has 5 heteroatoms. The number of aromatic nitrogens is 1. The fourth-order valence-electron chi connectivity index (χ4n) is 3.04. The summed E-state index contributed by atoms with van der Waals surface area (Å²) in [4.78, 5) is 13.9. The molecule has 1 atom stereocenters. The zero-order valence-electron chi connectivity index (χ0n) is 13.9. The van der Waals surface area contributed by atoms with Gasteiger partial charge in [-0.2, -0.15) is 0 Å². The summed E-state index contributed by atoms with van der Waals surface area (Å²) in [6.07, 6.45) is 8.80. The standard InChI is InChI=1S/C17H29N3O2/c1-3-9-19-11-8-15(12-19)13-20-10-6-5-7-16(20)14-22-17(21)18-4-2/h8,11-12,16H,3-7,9-10,13-14H2,1-2H3,(H,18,21). The molecule has 0 saturated carbocycles. The second kappa shape index (κ2) is 8.83. The second-order valence-electron chi connectivity index (χ2n) is 6.01. The molecule has 2 heterocycles. The molecule has 0 aliphatic carbocycles. The first-order valence-electron chi connectivity index (χ1n) is 8.52. The highest BCUT2D eigenvalue weighted by Gasteiger charge is 2.24. The highest BCUT2D eigenvalue weighted by atomic mass is 16.5. The highest BCUT2D eigenvalue weighted by molar-refractivity contribution is 5.66. The molecule has 22 heavy (non-hydrogen) atoms. The summed E-state index contributed by atoms with van der Waals surface area (Å²) in [6.45, 7) is 8.29. The Bertz CT molecular complexity index is 459. The van der Waals surface area contributed by atoms with E-state index in [1.807, 2.05) is 6.92 Å². The molecule has 1 amide bonds. The first-order valence-corrected chi connectivity index (χ1v) is 8.52. The summed E-state index contributed by atoms with van der Waals surface area (Å²) in [5, 5.41) is 2.68. The van der Waals surface area contributed by atoms with Gasteiger partial charge in [0.1, 0.15) is 6.61 Å². The Morgan fingerprint density at radius 1 is 1.41 bits per heavy atom. The van der Waals surface area contributed by atoms with Crippen LogP contribution in [0.5, 0.6) is 0 Å². The Morgan fingerprint density at radius 2 is 2.27 bits per heavy atom. The number of hydrogen-bond donors (Lipinski definition) is 1. The topological polar surface area (TPSA) is 46.5 Å². The lowest BCUT2D eigenvalue weighted by molar-refractivity contribution is 0.0642. The van der Waals surface area contributed by atoms with Gasteiger partial charge in [0, 0.05) is 38.1 Å². The van der Waals surface area contributed by atoms with Crippen molar-refractivity contribution < 1.29 is 9.53 Å². The molecule has 1 aromatic heterocycles. The number of alkyl carbamates (subject to hydrolysis) is 1. The largest absolute Gasteiger partial charge is 0.448 e. The van der Waals surface area contributed by atoms with Crippen LogP contribution in [0.2, 0.25) is 0 Å². The summed E-state index contributed by atoms with van der Waals surface area (Å²) < 4.78 is 7.59. The predicted octanol–water partition coefficient (Wildman–Crippen LogP) is 3.00. The molecule has 5 nitrogen and oxygen atoms in total. The van der Waals surface area contributed by atoms with Crippen LogP contribution in [0, 0.1) is 0 Å². The van der Waals surface area contributed by atoms with Crippen molar-refractivity contribution in [3.63, 3.8) is 0 Å². The van der Waals surface area contributed by atoms with Crippen LogP contribution in [0.4, 0.5) is 4.79 Å². The van der Waals surface area contributed by atoms with Gasteiger partial charge in [0.15, 0.2) is 0 Å². The van der Waals surface area contributed by atoms with E-state index in [0.717, 1.165) is 32.5 Å². The van der Waals surface area contributed by atoms with Crippen LogP contribution in [-0.2, 0) is 17.8 Å². The highest BCUT2D eigenvalue weighted by Crippen LogP contribution is 2.20. The maximum Gasteiger partial charge on any atom is 0.407 e. The Hall–Kier alpha value is -1.49. The van der Waals surface area contributed by atoms with E-state index in [0.29, 0.717) is 19.2 Å². The van der Waals surface area contributed by atoms with E-state index in [4.69, 9.17) is 4.74 Å². The van der Waals surface area contributed by atoms with Crippen LogP contribution >= 0.6 is 0 Å². The number of ether oxygens (including phenoxy) is 1. The maximum atomic E-state index is 11.5. The lowest BCUT2D eigenvalue weighted by atomic mass is 10.0. The van der Waals surface area contributed by atoms with E-state index in [1.54, 1.807) is 0 Å². The minimum Gasteiger partial charge on any atom is -0.448 e. The maximum absolute atomic E-state index is 11.5. The van der Waals surface area contributed by atoms with Crippen LogP contribution in [0.1, 0.15) is 45.1 Å². The zero-order chi connectivity index (χ0) is 15.8. The quantitative estimate of drug-likeness (QED) is 0.842. The number of carbonyl (C=O) groups is 1. The van der Waals surface area contributed by atoms with E-state index < -0.39 is 0 Å². The van der Waals surface area contributed by atoms with E-state index in [2.05, 4.69) is 40.2 Å². The molecule has 0 bridgehead atoms. The third kappa shape index (κ3) is 5.05. The van der Waals surface area contributed by atoms with Gasteiger partial charge < -0.3 is 14.6 Å². The van der Waals surface area contributed by atoms with E-state index >= 15 is 0 Å². The minimum atomic E-state index is -0.304. The molecule has 1 saturated heterocycles. The zero-order valence-corrected chi connectivity index (χ0v) is 13.9.